The van der Waals surface area contributed by atoms with Gasteiger partial charge in [-0.05, 0) is 25.8 Å². The molecule has 1 fully saturated rings. The Kier molecular flexibility index (Phi) is 1.50. The average molecular weight is 197 g/mol. The van der Waals surface area contributed by atoms with E-state index in [-0.39, 0.29) is 5.41 Å². The quantitative estimate of drug-likeness (QED) is 0.703. The topological polar surface area (TPSA) is 36.9 Å². The first kappa shape index (κ1) is 8.55. The number of nitriles is 1. The Labute approximate surface area is 88.1 Å². The standard InChI is InChI=1S/C13H11NO/c1-9-12(13(8-14)6-7-13)10-4-2-3-5-11(10)15-9/h2-5H,6-7H2,1H3. The van der Waals surface area contributed by atoms with Gasteiger partial charge in [0, 0.05) is 10.9 Å². The Bertz CT molecular complexity index is 570. The average Bonchev–Trinajstić information content (AvgIpc) is 2.95. The molecule has 0 bridgehead atoms. The van der Waals surface area contributed by atoms with Crippen LogP contribution in [0.4, 0.5) is 0 Å². The third-order valence-electron chi connectivity index (χ3n) is 3.21. The number of para-hydroxylation sites is 1. The van der Waals surface area contributed by atoms with Gasteiger partial charge in [0.15, 0.2) is 0 Å². The van der Waals surface area contributed by atoms with Crippen molar-refractivity contribution in [2.75, 3.05) is 0 Å². The van der Waals surface area contributed by atoms with Crippen LogP contribution in [0.15, 0.2) is 28.7 Å². The number of rotatable bonds is 1. The summed E-state index contributed by atoms with van der Waals surface area (Å²) in [6, 6.07) is 10.4. The second-order valence-corrected chi connectivity index (χ2v) is 4.22. The molecule has 1 aliphatic carbocycles. The van der Waals surface area contributed by atoms with Gasteiger partial charge in [-0.3, -0.25) is 0 Å². The molecule has 1 saturated carbocycles. The zero-order valence-corrected chi connectivity index (χ0v) is 8.58. The maximum Gasteiger partial charge on any atom is 0.134 e. The van der Waals surface area contributed by atoms with E-state index in [0.717, 1.165) is 35.1 Å². The van der Waals surface area contributed by atoms with Crippen LogP contribution in [0.2, 0.25) is 0 Å². The molecule has 2 nitrogen and oxygen atoms in total. The lowest BCUT2D eigenvalue weighted by atomic mass is 9.95. The van der Waals surface area contributed by atoms with E-state index < -0.39 is 0 Å². The molecular formula is C13H11NO. The van der Waals surface area contributed by atoms with E-state index in [1.54, 1.807) is 0 Å². The lowest BCUT2D eigenvalue weighted by molar-refractivity contribution is 0.568. The molecule has 0 N–H and O–H groups in total. The molecule has 0 amide bonds. The predicted molar refractivity (Wildman–Crippen MR) is 57.5 cm³/mol. The number of hydrogen-bond donors (Lipinski definition) is 0. The second-order valence-electron chi connectivity index (χ2n) is 4.22. The fraction of sp³-hybridized carbons (Fsp3) is 0.308. The zero-order valence-electron chi connectivity index (χ0n) is 8.58. The van der Waals surface area contributed by atoms with Crippen LogP contribution in [0.25, 0.3) is 11.0 Å². The summed E-state index contributed by atoms with van der Waals surface area (Å²) in [5, 5.41) is 10.3. The summed E-state index contributed by atoms with van der Waals surface area (Å²) < 4.78 is 5.68. The van der Waals surface area contributed by atoms with Crippen molar-refractivity contribution in [2.45, 2.75) is 25.2 Å². The highest BCUT2D eigenvalue weighted by atomic mass is 16.3. The molecule has 0 spiro atoms. The summed E-state index contributed by atoms with van der Waals surface area (Å²) in [5.74, 6) is 0.898. The highest BCUT2D eigenvalue weighted by molar-refractivity contribution is 5.84. The number of fused-ring (bicyclic) bond motifs is 1. The zero-order chi connectivity index (χ0) is 10.5. The van der Waals surface area contributed by atoms with Crippen molar-refractivity contribution < 1.29 is 4.42 Å². The molecule has 0 unspecified atom stereocenters. The third-order valence-corrected chi connectivity index (χ3v) is 3.21. The second kappa shape index (κ2) is 2.64. The molecule has 0 saturated heterocycles. The van der Waals surface area contributed by atoms with Gasteiger partial charge in [-0.2, -0.15) is 5.26 Å². The maximum absolute atomic E-state index is 9.22. The van der Waals surface area contributed by atoms with E-state index in [2.05, 4.69) is 6.07 Å². The van der Waals surface area contributed by atoms with Gasteiger partial charge in [-0.25, -0.2) is 0 Å². The Balaban J connectivity index is 2.35. The normalized spacial score (nSPS) is 17.6. The summed E-state index contributed by atoms with van der Waals surface area (Å²) in [5.41, 5.74) is 1.75. The SMILES string of the molecule is Cc1oc2ccccc2c1C1(C#N)CC1. The molecule has 1 aromatic heterocycles. The first-order chi connectivity index (χ1) is 7.27. The van der Waals surface area contributed by atoms with Gasteiger partial charge >= 0.3 is 0 Å². The molecule has 2 aromatic rings. The monoisotopic (exact) mass is 197 g/mol. The molecule has 74 valence electrons. The molecule has 0 radical (unpaired) electrons. The molecule has 15 heavy (non-hydrogen) atoms. The first-order valence-electron chi connectivity index (χ1n) is 5.17. The van der Waals surface area contributed by atoms with E-state index in [1.165, 1.54) is 0 Å². The Morgan fingerprint density at radius 3 is 2.73 bits per heavy atom. The van der Waals surface area contributed by atoms with Crippen molar-refractivity contribution in [2.24, 2.45) is 0 Å². The number of nitrogens with zero attached hydrogens (tertiary/aromatic N) is 1. The lowest BCUT2D eigenvalue weighted by Crippen LogP contribution is -2.02. The van der Waals surface area contributed by atoms with Gasteiger partial charge in [0.1, 0.15) is 11.3 Å². The van der Waals surface area contributed by atoms with E-state index in [1.807, 2.05) is 31.2 Å². The van der Waals surface area contributed by atoms with Gasteiger partial charge in [0.05, 0.1) is 11.5 Å². The highest BCUT2D eigenvalue weighted by Gasteiger charge is 2.48. The largest absolute Gasteiger partial charge is 0.461 e. The van der Waals surface area contributed by atoms with Crippen LogP contribution in [-0.4, -0.2) is 0 Å². The molecule has 3 rings (SSSR count). The van der Waals surface area contributed by atoms with Gasteiger partial charge in [0.25, 0.3) is 0 Å². The van der Waals surface area contributed by atoms with Crippen LogP contribution in [0.1, 0.15) is 24.2 Å². The van der Waals surface area contributed by atoms with Crippen molar-refractivity contribution in [3.8, 4) is 6.07 Å². The first-order valence-corrected chi connectivity index (χ1v) is 5.17. The maximum atomic E-state index is 9.22. The van der Waals surface area contributed by atoms with Crippen molar-refractivity contribution in [3.05, 3.63) is 35.6 Å². The van der Waals surface area contributed by atoms with Crippen LogP contribution in [0, 0.1) is 18.3 Å². The minimum Gasteiger partial charge on any atom is -0.461 e. The molecular weight excluding hydrogens is 186 g/mol. The van der Waals surface area contributed by atoms with Crippen molar-refractivity contribution in [3.63, 3.8) is 0 Å². The van der Waals surface area contributed by atoms with Crippen LogP contribution in [0.5, 0.6) is 0 Å². The number of benzene rings is 1. The van der Waals surface area contributed by atoms with Crippen LogP contribution in [0.3, 0.4) is 0 Å². The van der Waals surface area contributed by atoms with E-state index >= 15 is 0 Å². The Hall–Kier alpha value is -1.75. The smallest absolute Gasteiger partial charge is 0.134 e. The van der Waals surface area contributed by atoms with Gasteiger partial charge in [-0.15, -0.1) is 0 Å². The number of furan rings is 1. The Morgan fingerprint density at radius 1 is 1.33 bits per heavy atom. The van der Waals surface area contributed by atoms with Crippen LogP contribution >= 0.6 is 0 Å². The van der Waals surface area contributed by atoms with E-state index in [4.69, 9.17) is 4.42 Å². The molecule has 1 aromatic carbocycles. The van der Waals surface area contributed by atoms with Gasteiger partial charge in [-0.1, -0.05) is 18.2 Å². The van der Waals surface area contributed by atoms with E-state index in [0.29, 0.717) is 0 Å². The molecule has 0 aliphatic heterocycles. The predicted octanol–water partition coefficient (Wildman–Crippen LogP) is 3.30. The summed E-state index contributed by atoms with van der Waals surface area (Å²) in [6.07, 6.45) is 1.93. The molecule has 0 atom stereocenters. The van der Waals surface area contributed by atoms with E-state index in [9.17, 15) is 5.26 Å². The third kappa shape index (κ3) is 1.04. The van der Waals surface area contributed by atoms with Crippen LogP contribution < -0.4 is 0 Å². The molecule has 1 heterocycles. The summed E-state index contributed by atoms with van der Waals surface area (Å²) in [7, 11) is 0. The van der Waals surface area contributed by atoms with Crippen molar-refractivity contribution in [1.29, 1.82) is 5.26 Å². The summed E-state index contributed by atoms with van der Waals surface area (Å²) >= 11 is 0. The fourth-order valence-corrected chi connectivity index (χ4v) is 2.31. The van der Waals surface area contributed by atoms with Gasteiger partial charge in [0.2, 0.25) is 0 Å². The number of hydrogen-bond acceptors (Lipinski definition) is 2. The minimum atomic E-state index is -0.253. The van der Waals surface area contributed by atoms with Crippen LogP contribution in [-0.2, 0) is 5.41 Å². The summed E-state index contributed by atoms with van der Waals surface area (Å²) in [6.45, 7) is 1.95. The Morgan fingerprint density at radius 2 is 2.07 bits per heavy atom. The summed E-state index contributed by atoms with van der Waals surface area (Å²) in [4.78, 5) is 0. The fourth-order valence-electron chi connectivity index (χ4n) is 2.31. The minimum absolute atomic E-state index is 0.253. The molecule has 2 heteroatoms. The van der Waals surface area contributed by atoms with Gasteiger partial charge < -0.3 is 4.42 Å². The molecule has 1 aliphatic rings. The number of aryl methyl sites for hydroxylation is 1. The lowest BCUT2D eigenvalue weighted by Gasteiger charge is -2.03. The van der Waals surface area contributed by atoms with Crippen molar-refractivity contribution >= 4 is 11.0 Å². The highest BCUT2D eigenvalue weighted by Crippen LogP contribution is 2.51. The van der Waals surface area contributed by atoms with Crippen molar-refractivity contribution in [1.82, 2.24) is 0 Å².